The van der Waals surface area contributed by atoms with Gasteiger partial charge in [-0.1, -0.05) is 45.0 Å². The molecule has 1 aliphatic carbocycles. The molecule has 2 amide bonds. The number of halogens is 1. The van der Waals surface area contributed by atoms with Gasteiger partial charge in [-0.2, -0.15) is 0 Å². The summed E-state index contributed by atoms with van der Waals surface area (Å²) in [5.74, 6) is -1.77. The van der Waals surface area contributed by atoms with Gasteiger partial charge >= 0.3 is 6.09 Å². The number of amides is 2. The van der Waals surface area contributed by atoms with E-state index in [1.54, 1.807) is 39.0 Å². The van der Waals surface area contributed by atoms with Gasteiger partial charge in [0.15, 0.2) is 18.2 Å². The van der Waals surface area contributed by atoms with Crippen molar-refractivity contribution < 1.29 is 31.6 Å². The number of carbonyl (C=O) groups is 2. The highest BCUT2D eigenvalue weighted by atomic mass is 32.2. The van der Waals surface area contributed by atoms with Crippen LogP contribution in [0, 0.1) is 11.7 Å². The third-order valence-electron chi connectivity index (χ3n) is 7.43. The lowest BCUT2D eigenvalue weighted by atomic mass is 10.0. The van der Waals surface area contributed by atoms with Crippen molar-refractivity contribution in [2.45, 2.75) is 82.3 Å². The molecule has 40 heavy (non-hydrogen) atoms. The third kappa shape index (κ3) is 7.49. The Morgan fingerprint density at radius 3 is 2.23 bits per heavy atom. The average Bonchev–Trinajstić information content (AvgIpc) is 3.45. The normalized spacial score (nSPS) is 19.6. The molecule has 1 aliphatic rings. The maximum absolute atomic E-state index is 15.3. The van der Waals surface area contributed by atoms with Crippen molar-refractivity contribution in [1.82, 2.24) is 10.6 Å². The molecular formula is C29H41FN2O6SSi. The van der Waals surface area contributed by atoms with Crippen LogP contribution in [0.5, 0.6) is 0 Å². The monoisotopic (exact) mass is 592 g/mol. The smallest absolute Gasteiger partial charge is 0.409 e. The first-order valence-corrected chi connectivity index (χ1v) is 18.0. The molecule has 0 aliphatic heterocycles. The number of carbonyl (C=O) groups excluding carboxylic acids is 2. The van der Waals surface area contributed by atoms with Crippen molar-refractivity contribution in [1.29, 1.82) is 0 Å². The van der Waals surface area contributed by atoms with Crippen molar-refractivity contribution in [2.24, 2.45) is 5.92 Å². The highest BCUT2D eigenvalue weighted by Crippen LogP contribution is 2.44. The molecule has 2 N–H and O–H groups in total. The van der Waals surface area contributed by atoms with Gasteiger partial charge < -0.3 is 14.5 Å². The number of rotatable bonds is 8. The molecule has 2 atom stereocenters. The van der Waals surface area contributed by atoms with Crippen LogP contribution in [0.3, 0.4) is 0 Å². The standard InChI is InChI=1S/C29H41FN2O6SSi/c1-27(2,3)38-26(34)32-29(17-20(29)18-37-40(8,9)28(4,5)6)31-25(33)22-15-14-19(16-23(22)30)21-12-10-11-13-24(21)39(7,35)36/h10-16,20H,17-18H2,1-9H3,(H,31,33)(H,32,34)/t20-,29+/m1/s1. The number of alkyl carbamates (subject to hydrolysis) is 1. The number of ether oxygens (including phenoxy) is 1. The van der Waals surface area contributed by atoms with Crippen LogP contribution >= 0.6 is 0 Å². The van der Waals surface area contributed by atoms with E-state index >= 15 is 4.39 Å². The van der Waals surface area contributed by atoms with Crippen LogP contribution in [0.15, 0.2) is 47.4 Å². The fourth-order valence-electron chi connectivity index (χ4n) is 4.04. The lowest BCUT2D eigenvalue weighted by Crippen LogP contribution is -2.54. The van der Waals surface area contributed by atoms with E-state index in [9.17, 15) is 18.0 Å². The van der Waals surface area contributed by atoms with Crippen molar-refractivity contribution in [3.8, 4) is 11.1 Å². The second-order valence-corrected chi connectivity index (χ2v) is 19.8. The van der Waals surface area contributed by atoms with Crippen molar-refractivity contribution in [2.75, 3.05) is 12.9 Å². The van der Waals surface area contributed by atoms with Crippen LogP contribution in [-0.4, -0.2) is 52.9 Å². The lowest BCUT2D eigenvalue weighted by molar-refractivity contribution is 0.0471. The second-order valence-electron chi connectivity index (χ2n) is 13.0. The molecule has 0 unspecified atom stereocenters. The lowest BCUT2D eigenvalue weighted by Gasteiger charge is -2.36. The van der Waals surface area contributed by atoms with E-state index in [2.05, 4.69) is 44.5 Å². The zero-order chi connectivity index (χ0) is 30.3. The Hall–Kier alpha value is -2.76. The maximum Gasteiger partial charge on any atom is 0.409 e. The molecule has 220 valence electrons. The van der Waals surface area contributed by atoms with E-state index in [1.165, 1.54) is 18.2 Å². The van der Waals surface area contributed by atoms with Crippen LogP contribution in [0.2, 0.25) is 18.1 Å². The Labute approximate surface area is 238 Å². The van der Waals surface area contributed by atoms with Crippen molar-refractivity contribution in [3.05, 3.63) is 53.8 Å². The minimum absolute atomic E-state index is 0.0208. The van der Waals surface area contributed by atoms with Crippen molar-refractivity contribution >= 4 is 30.2 Å². The predicted molar refractivity (Wildman–Crippen MR) is 156 cm³/mol. The summed E-state index contributed by atoms with van der Waals surface area (Å²) in [4.78, 5) is 26.0. The van der Waals surface area contributed by atoms with Crippen LogP contribution in [-0.2, 0) is 19.0 Å². The molecule has 11 heteroatoms. The Balaban J connectivity index is 1.85. The predicted octanol–water partition coefficient (Wildman–Crippen LogP) is 5.89. The van der Waals surface area contributed by atoms with Crippen molar-refractivity contribution in [3.63, 3.8) is 0 Å². The molecule has 0 heterocycles. The zero-order valence-electron chi connectivity index (χ0n) is 24.8. The quantitative estimate of drug-likeness (QED) is 0.292. The average molecular weight is 593 g/mol. The summed E-state index contributed by atoms with van der Waals surface area (Å²) in [7, 11) is -5.65. The van der Waals surface area contributed by atoms with E-state index < -0.39 is 47.2 Å². The first-order valence-electron chi connectivity index (χ1n) is 13.2. The highest BCUT2D eigenvalue weighted by Gasteiger charge is 2.58. The van der Waals surface area contributed by atoms with Gasteiger partial charge in [-0.3, -0.25) is 10.1 Å². The first-order chi connectivity index (χ1) is 18.2. The van der Waals surface area contributed by atoms with Gasteiger partial charge in [0, 0.05) is 24.3 Å². The molecule has 0 bridgehead atoms. The molecule has 3 rings (SSSR count). The third-order valence-corrected chi connectivity index (χ3v) is 13.1. The molecule has 0 saturated heterocycles. The number of nitrogens with one attached hydrogen (secondary N) is 2. The van der Waals surface area contributed by atoms with Gasteiger partial charge in [-0.25, -0.2) is 17.6 Å². The fraction of sp³-hybridized carbons (Fsp3) is 0.517. The van der Waals surface area contributed by atoms with Gasteiger partial charge in [0.05, 0.1) is 10.5 Å². The Bertz CT molecular complexity index is 1400. The summed E-state index contributed by atoms with van der Waals surface area (Å²) in [6, 6.07) is 10.2. The second kappa shape index (κ2) is 10.9. The van der Waals surface area contributed by atoms with Gasteiger partial charge in [-0.05, 0) is 69.1 Å². The van der Waals surface area contributed by atoms with Gasteiger partial charge in [-0.15, -0.1) is 0 Å². The topological polar surface area (TPSA) is 111 Å². The van der Waals surface area contributed by atoms with E-state index in [0.717, 1.165) is 12.3 Å². The van der Waals surface area contributed by atoms with E-state index in [4.69, 9.17) is 9.16 Å². The first kappa shape index (κ1) is 31.8. The maximum atomic E-state index is 15.3. The highest BCUT2D eigenvalue weighted by molar-refractivity contribution is 7.90. The summed E-state index contributed by atoms with van der Waals surface area (Å²) in [6.07, 6.45) is 0.784. The van der Waals surface area contributed by atoms with Crippen LogP contribution in [0.4, 0.5) is 9.18 Å². The van der Waals surface area contributed by atoms with E-state index in [0.29, 0.717) is 24.2 Å². The molecule has 0 radical (unpaired) electrons. The molecule has 0 aromatic heterocycles. The Kier molecular flexibility index (Phi) is 8.66. The minimum Gasteiger partial charge on any atom is -0.444 e. The Morgan fingerprint density at radius 1 is 1.05 bits per heavy atom. The van der Waals surface area contributed by atoms with Gasteiger partial charge in [0.25, 0.3) is 5.91 Å². The molecular weight excluding hydrogens is 551 g/mol. The zero-order valence-corrected chi connectivity index (χ0v) is 26.6. The van der Waals surface area contributed by atoms with Gasteiger partial charge in [0.1, 0.15) is 17.1 Å². The summed E-state index contributed by atoms with van der Waals surface area (Å²) in [5.41, 5.74) is -1.48. The van der Waals surface area contributed by atoms with Crippen LogP contribution in [0.25, 0.3) is 11.1 Å². The van der Waals surface area contributed by atoms with E-state index in [-0.39, 0.29) is 21.4 Å². The molecule has 2 aromatic carbocycles. The molecule has 0 spiro atoms. The summed E-state index contributed by atoms with van der Waals surface area (Å²) in [5, 5.41) is 5.57. The number of sulfone groups is 1. The minimum atomic E-state index is -3.56. The Morgan fingerprint density at radius 2 is 1.68 bits per heavy atom. The molecule has 1 saturated carbocycles. The van der Waals surface area contributed by atoms with Gasteiger partial charge in [0.2, 0.25) is 0 Å². The van der Waals surface area contributed by atoms with Crippen LogP contribution in [0.1, 0.15) is 58.3 Å². The van der Waals surface area contributed by atoms with E-state index in [1.807, 2.05) is 0 Å². The summed E-state index contributed by atoms with van der Waals surface area (Å²) < 4.78 is 51.5. The van der Waals surface area contributed by atoms with Crippen LogP contribution < -0.4 is 10.6 Å². The number of benzene rings is 2. The number of hydrogen-bond donors (Lipinski definition) is 2. The molecule has 2 aromatic rings. The molecule has 8 nitrogen and oxygen atoms in total. The largest absolute Gasteiger partial charge is 0.444 e. The summed E-state index contributed by atoms with van der Waals surface area (Å²) >= 11 is 0. The molecule has 1 fully saturated rings. The SMILES string of the molecule is CC(C)(C)OC(=O)N[C@@]1(NC(=O)c2ccc(-c3ccccc3S(C)(=O)=O)cc2F)C[C@@H]1CO[Si](C)(C)C(C)(C)C. The number of hydrogen-bond acceptors (Lipinski definition) is 6. The summed E-state index contributed by atoms with van der Waals surface area (Å²) in [6.45, 7) is 16.1. The fourth-order valence-corrected chi connectivity index (χ4v) is 6.01.